The highest BCUT2D eigenvalue weighted by Gasteiger charge is 2.04. The minimum atomic E-state index is -0.0839. The molecule has 0 aliphatic carbocycles. The molecule has 140 valence electrons. The van der Waals surface area contributed by atoms with Crippen LogP contribution in [-0.4, -0.2) is 26.0 Å². The molecule has 0 aromatic heterocycles. The van der Waals surface area contributed by atoms with Crippen molar-refractivity contribution < 1.29 is 9.53 Å². The van der Waals surface area contributed by atoms with Gasteiger partial charge in [0.15, 0.2) is 5.96 Å². The first-order chi connectivity index (χ1) is 12.1. The van der Waals surface area contributed by atoms with Gasteiger partial charge >= 0.3 is 0 Å². The van der Waals surface area contributed by atoms with Gasteiger partial charge in [0.2, 0.25) is 5.91 Å². The van der Waals surface area contributed by atoms with Gasteiger partial charge in [0.1, 0.15) is 5.75 Å². The molecule has 0 spiro atoms. The fraction of sp³-hybridized carbons (Fsp3) is 0.263. The van der Waals surface area contributed by atoms with Gasteiger partial charge in [-0.25, -0.2) is 0 Å². The van der Waals surface area contributed by atoms with Gasteiger partial charge in [-0.1, -0.05) is 30.3 Å². The molecular weight excluding hydrogens is 443 g/mol. The second-order valence-electron chi connectivity index (χ2n) is 5.47. The molecule has 1 amide bonds. The zero-order chi connectivity index (χ0) is 18.1. The molecule has 2 aromatic carbocycles. The summed E-state index contributed by atoms with van der Waals surface area (Å²) in [6, 6.07) is 15.6. The number of hydrogen-bond donors (Lipinski definition) is 3. The molecular formula is C19H25IN4O2. The molecule has 6 nitrogen and oxygen atoms in total. The monoisotopic (exact) mass is 468 g/mol. The number of methoxy groups -OCH3 is 1. The third-order valence-corrected chi connectivity index (χ3v) is 3.57. The van der Waals surface area contributed by atoms with Crippen molar-refractivity contribution in [2.45, 2.75) is 20.0 Å². The molecule has 0 aliphatic heterocycles. The summed E-state index contributed by atoms with van der Waals surface area (Å²) in [6.07, 6.45) is 0. The Morgan fingerprint density at radius 3 is 2.50 bits per heavy atom. The molecule has 0 unspecified atom stereocenters. The van der Waals surface area contributed by atoms with E-state index in [1.165, 1.54) is 6.92 Å². The summed E-state index contributed by atoms with van der Waals surface area (Å²) in [5.74, 6) is 1.45. The van der Waals surface area contributed by atoms with Crippen LogP contribution < -0.4 is 20.7 Å². The van der Waals surface area contributed by atoms with Crippen LogP contribution in [0.15, 0.2) is 53.5 Å². The van der Waals surface area contributed by atoms with Gasteiger partial charge in [-0.2, -0.15) is 0 Å². The Bertz CT molecular complexity index is 750. The lowest BCUT2D eigenvalue weighted by atomic mass is 10.2. The van der Waals surface area contributed by atoms with Gasteiger partial charge in [-0.15, -0.1) is 24.0 Å². The quantitative estimate of drug-likeness (QED) is 0.346. The predicted octanol–water partition coefficient (Wildman–Crippen LogP) is 3.14. The van der Waals surface area contributed by atoms with Gasteiger partial charge in [0, 0.05) is 38.3 Å². The molecule has 0 bridgehead atoms. The number of nitrogens with zero attached hydrogens (tertiary/aromatic N) is 1. The van der Waals surface area contributed by atoms with Crippen LogP contribution in [0, 0.1) is 0 Å². The van der Waals surface area contributed by atoms with E-state index in [4.69, 9.17) is 4.74 Å². The number of carbonyl (C=O) groups excluding carboxylic acids is 1. The Hall–Kier alpha value is -2.29. The second kappa shape index (κ2) is 11.3. The maximum Gasteiger partial charge on any atom is 0.221 e. The van der Waals surface area contributed by atoms with Crippen molar-refractivity contribution in [1.29, 1.82) is 0 Å². The van der Waals surface area contributed by atoms with Crippen LogP contribution in [0.4, 0.5) is 5.69 Å². The third-order valence-electron chi connectivity index (χ3n) is 3.57. The van der Waals surface area contributed by atoms with Gasteiger partial charge in [0.05, 0.1) is 7.11 Å². The van der Waals surface area contributed by atoms with Crippen molar-refractivity contribution in [2.75, 3.05) is 19.5 Å². The summed E-state index contributed by atoms with van der Waals surface area (Å²) in [6.45, 7) is 2.70. The Kier molecular flexibility index (Phi) is 9.50. The minimum absolute atomic E-state index is 0. The van der Waals surface area contributed by atoms with Gasteiger partial charge in [-0.05, 0) is 23.8 Å². The summed E-state index contributed by atoms with van der Waals surface area (Å²) in [4.78, 5) is 15.4. The summed E-state index contributed by atoms with van der Waals surface area (Å²) in [7, 11) is 3.39. The molecule has 2 rings (SSSR count). The highest BCUT2D eigenvalue weighted by atomic mass is 127. The van der Waals surface area contributed by atoms with Crippen molar-refractivity contribution in [3.05, 3.63) is 59.7 Å². The predicted molar refractivity (Wildman–Crippen MR) is 116 cm³/mol. The normalized spacial score (nSPS) is 10.5. The first-order valence-corrected chi connectivity index (χ1v) is 8.05. The van der Waals surface area contributed by atoms with Crippen molar-refractivity contribution >= 4 is 41.5 Å². The number of carbonyl (C=O) groups is 1. The maximum atomic E-state index is 11.1. The van der Waals surface area contributed by atoms with Crippen LogP contribution in [0.2, 0.25) is 0 Å². The highest BCUT2D eigenvalue weighted by Crippen LogP contribution is 2.16. The van der Waals surface area contributed by atoms with Crippen molar-refractivity contribution in [2.24, 2.45) is 4.99 Å². The summed E-state index contributed by atoms with van der Waals surface area (Å²) in [5.41, 5.74) is 2.89. The van der Waals surface area contributed by atoms with Crippen LogP contribution in [0.3, 0.4) is 0 Å². The fourth-order valence-electron chi connectivity index (χ4n) is 2.40. The summed E-state index contributed by atoms with van der Waals surface area (Å²) in [5, 5.41) is 9.31. The van der Waals surface area contributed by atoms with Crippen molar-refractivity contribution in [1.82, 2.24) is 10.6 Å². The Morgan fingerprint density at radius 1 is 1.08 bits per heavy atom. The zero-order valence-corrected chi connectivity index (χ0v) is 17.5. The number of nitrogens with one attached hydrogen (secondary N) is 3. The fourth-order valence-corrected chi connectivity index (χ4v) is 2.40. The topological polar surface area (TPSA) is 74.8 Å². The number of anilines is 1. The van der Waals surface area contributed by atoms with E-state index in [1.807, 2.05) is 48.5 Å². The molecule has 26 heavy (non-hydrogen) atoms. The lowest BCUT2D eigenvalue weighted by molar-refractivity contribution is -0.114. The standard InChI is InChI=1S/C19H24N4O2.HI/c1-14(24)23-17-9-6-7-15(11-17)12-21-19(20-2)22-13-16-8-4-5-10-18(16)25-3;/h4-11H,12-13H2,1-3H3,(H,23,24)(H2,20,21,22);1H. The van der Waals surface area contributed by atoms with Crippen LogP contribution in [0.25, 0.3) is 0 Å². The second-order valence-corrected chi connectivity index (χ2v) is 5.47. The molecule has 0 radical (unpaired) electrons. The molecule has 0 saturated heterocycles. The number of benzene rings is 2. The van der Waals surface area contributed by atoms with E-state index >= 15 is 0 Å². The van der Waals surface area contributed by atoms with E-state index in [0.717, 1.165) is 22.6 Å². The Morgan fingerprint density at radius 2 is 1.81 bits per heavy atom. The maximum absolute atomic E-state index is 11.1. The number of hydrogen-bond acceptors (Lipinski definition) is 3. The first kappa shape index (κ1) is 21.8. The number of halogens is 1. The van der Waals surface area contributed by atoms with Gasteiger partial charge < -0.3 is 20.7 Å². The van der Waals surface area contributed by atoms with E-state index in [9.17, 15) is 4.79 Å². The molecule has 7 heteroatoms. The highest BCUT2D eigenvalue weighted by molar-refractivity contribution is 14.0. The average Bonchev–Trinajstić information content (AvgIpc) is 2.62. The SMILES string of the molecule is CN=C(NCc1cccc(NC(C)=O)c1)NCc1ccccc1OC.I. The van der Waals surface area contributed by atoms with Crippen LogP contribution in [0.1, 0.15) is 18.1 Å². The number of para-hydroxylation sites is 1. The molecule has 0 heterocycles. The largest absolute Gasteiger partial charge is 0.496 e. The van der Waals surface area contributed by atoms with E-state index in [1.54, 1.807) is 14.2 Å². The lowest BCUT2D eigenvalue weighted by Crippen LogP contribution is -2.36. The molecule has 0 atom stereocenters. The summed E-state index contributed by atoms with van der Waals surface area (Å²) >= 11 is 0. The Balaban J connectivity index is 0.00000338. The van der Waals surface area contributed by atoms with E-state index in [2.05, 4.69) is 20.9 Å². The number of amides is 1. The van der Waals surface area contributed by atoms with Crippen LogP contribution in [-0.2, 0) is 17.9 Å². The smallest absolute Gasteiger partial charge is 0.221 e. The number of aliphatic imine (C=N–C) groups is 1. The third kappa shape index (κ3) is 6.91. The average molecular weight is 468 g/mol. The zero-order valence-electron chi connectivity index (χ0n) is 15.2. The Labute approximate surface area is 171 Å². The van der Waals surface area contributed by atoms with Crippen molar-refractivity contribution in [3.63, 3.8) is 0 Å². The van der Waals surface area contributed by atoms with Gasteiger partial charge in [0.25, 0.3) is 0 Å². The molecule has 3 N–H and O–H groups in total. The molecule has 2 aromatic rings. The minimum Gasteiger partial charge on any atom is -0.496 e. The molecule has 0 aliphatic rings. The summed E-state index contributed by atoms with van der Waals surface area (Å²) < 4.78 is 5.35. The lowest BCUT2D eigenvalue weighted by Gasteiger charge is -2.14. The molecule has 0 fully saturated rings. The molecule has 0 saturated carbocycles. The number of guanidine groups is 1. The van der Waals surface area contributed by atoms with Crippen LogP contribution >= 0.6 is 24.0 Å². The van der Waals surface area contributed by atoms with Gasteiger partial charge in [-0.3, -0.25) is 9.79 Å². The van der Waals surface area contributed by atoms with E-state index in [0.29, 0.717) is 19.0 Å². The number of rotatable bonds is 6. The number of ether oxygens (including phenoxy) is 1. The van der Waals surface area contributed by atoms with E-state index in [-0.39, 0.29) is 29.9 Å². The van der Waals surface area contributed by atoms with Crippen LogP contribution in [0.5, 0.6) is 5.75 Å². The van der Waals surface area contributed by atoms with Crippen molar-refractivity contribution in [3.8, 4) is 5.75 Å². The first-order valence-electron chi connectivity index (χ1n) is 8.05. The van der Waals surface area contributed by atoms with E-state index < -0.39 is 0 Å².